The van der Waals surface area contributed by atoms with Crippen molar-refractivity contribution in [3.8, 4) is 0 Å². The SMILES string of the molecule is OCCNCCCNCCN(CCO)CCCN(CCO)CCO. The van der Waals surface area contributed by atoms with E-state index in [1.54, 1.807) is 0 Å². The van der Waals surface area contributed by atoms with Gasteiger partial charge in [0.25, 0.3) is 0 Å². The van der Waals surface area contributed by atoms with Crippen LogP contribution in [0, 0.1) is 0 Å². The molecule has 24 heavy (non-hydrogen) atoms. The van der Waals surface area contributed by atoms with Gasteiger partial charge in [0.15, 0.2) is 0 Å². The van der Waals surface area contributed by atoms with E-state index in [2.05, 4.69) is 20.4 Å². The first-order valence-electron chi connectivity index (χ1n) is 9.08. The third kappa shape index (κ3) is 15.2. The Labute approximate surface area is 146 Å². The minimum absolute atomic E-state index is 0.109. The van der Waals surface area contributed by atoms with Gasteiger partial charge in [0.05, 0.1) is 26.4 Å². The Morgan fingerprint density at radius 2 is 0.958 bits per heavy atom. The Bertz CT molecular complexity index is 244. The Morgan fingerprint density at radius 1 is 0.458 bits per heavy atom. The van der Waals surface area contributed by atoms with Gasteiger partial charge in [-0.1, -0.05) is 0 Å². The molecule has 0 aliphatic heterocycles. The summed E-state index contributed by atoms with van der Waals surface area (Å²) in [7, 11) is 0. The van der Waals surface area contributed by atoms with Gasteiger partial charge < -0.3 is 31.1 Å². The largest absolute Gasteiger partial charge is 0.395 e. The summed E-state index contributed by atoms with van der Waals surface area (Å²) in [6.07, 6.45) is 1.97. The van der Waals surface area contributed by atoms with E-state index >= 15 is 0 Å². The van der Waals surface area contributed by atoms with Gasteiger partial charge in [-0.3, -0.25) is 9.80 Å². The molecule has 0 spiro atoms. The maximum atomic E-state index is 9.17. The highest BCUT2D eigenvalue weighted by Crippen LogP contribution is 1.95. The second kappa shape index (κ2) is 19.0. The Morgan fingerprint density at radius 3 is 1.46 bits per heavy atom. The van der Waals surface area contributed by atoms with E-state index in [4.69, 9.17) is 20.4 Å². The van der Waals surface area contributed by atoms with Gasteiger partial charge in [-0.05, 0) is 39.0 Å². The van der Waals surface area contributed by atoms with Crippen molar-refractivity contribution in [1.29, 1.82) is 0 Å². The lowest BCUT2D eigenvalue weighted by Crippen LogP contribution is -2.37. The van der Waals surface area contributed by atoms with Crippen LogP contribution in [0.2, 0.25) is 0 Å². The van der Waals surface area contributed by atoms with Crippen LogP contribution in [0.5, 0.6) is 0 Å². The van der Waals surface area contributed by atoms with E-state index in [-0.39, 0.29) is 26.4 Å². The highest BCUT2D eigenvalue weighted by molar-refractivity contribution is 4.63. The van der Waals surface area contributed by atoms with Crippen LogP contribution in [-0.2, 0) is 0 Å². The molecular formula is C16H38N4O4. The summed E-state index contributed by atoms with van der Waals surface area (Å²) >= 11 is 0. The van der Waals surface area contributed by atoms with Crippen molar-refractivity contribution >= 4 is 0 Å². The molecule has 0 rings (SSSR count). The summed E-state index contributed by atoms with van der Waals surface area (Å²) in [6.45, 7) is 8.40. The number of nitrogens with zero attached hydrogens (tertiary/aromatic N) is 2. The number of nitrogens with one attached hydrogen (secondary N) is 2. The van der Waals surface area contributed by atoms with Gasteiger partial charge in [0.1, 0.15) is 0 Å². The highest BCUT2D eigenvalue weighted by Gasteiger charge is 2.07. The number of aliphatic hydroxyl groups is 4. The Hall–Kier alpha value is -0.320. The van der Waals surface area contributed by atoms with E-state index in [9.17, 15) is 0 Å². The van der Waals surface area contributed by atoms with Gasteiger partial charge >= 0.3 is 0 Å². The molecule has 0 amide bonds. The number of hydrogen-bond donors (Lipinski definition) is 6. The second-order valence-electron chi connectivity index (χ2n) is 5.78. The quantitative estimate of drug-likeness (QED) is 0.142. The molecule has 0 atom stereocenters. The van der Waals surface area contributed by atoms with Crippen molar-refractivity contribution < 1.29 is 20.4 Å². The maximum Gasteiger partial charge on any atom is 0.0558 e. The standard InChI is InChI=1S/C16H38N4O4/c21-13-6-18-4-1-3-17-5-9-19(10-14-22)7-2-8-20(11-15-23)12-16-24/h17-18,21-24H,1-16H2. The molecule has 0 unspecified atom stereocenters. The Kier molecular flexibility index (Phi) is 18.8. The normalized spacial score (nSPS) is 11.8. The monoisotopic (exact) mass is 350 g/mol. The maximum absolute atomic E-state index is 9.17. The molecule has 0 aliphatic carbocycles. The number of hydrogen-bond acceptors (Lipinski definition) is 8. The third-order valence-corrected chi connectivity index (χ3v) is 3.80. The van der Waals surface area contributed by atoms with E-state index in [1.807, 2.05) is 0 Å². The van der Waals surface area contributed by atoms with Crippen LogP contribution in [0.1, 0.15) is 12.8 Å². The average molecular weight is 351 g/mol. The molecule has 0 aromatic carbocycles. The van der Waals surface area contributed by atoms with Crippen LogP contribution in [0.25, 0.3) is 0 Å². The van der Waals surface area contributed by atoms with Crippen molar-refractivity contribution in [2.24, 2.45) is 0 Å². The fraction of sp³-hybridized carbons (Fsp3) is 1.00. The molecule has 0 fully saturated rings. The lowest BCUT2D eigenvalue weighted by atomic mass is 10.3. The van der Waals surface area contributed by atoms with Gasteiger partial charge in [-0.25, -0.2) is 0 Å². The topological polar surface area (TPSA) is 111 Å². The van der Waals surface area contributed by atoms with Crippen molar-refractivity contribution in [2.45, 2.75) is 12.8 Å². The van der Waals surface area contributed by atoms with Crippen molar-refractivity contribution in [3.63, 3.8) is 0 Å². The first-order valence-corrected chi connectivity index (χ1v) is 9.08. The minimum atomic E-state index is 0.109. The molecule has 0 heterocycles. The van der Waals surface area contributed by atoms with Crippen molar-refractivity contribution in [1.82, 2.24) is 20.4 Å². The fourth-order valence-corrected chi connectivity index (χ4v) is 2.52. The lowest BCUT2D eigenvalue weighted by Gasteiger charge is -2.24. The molecule has 8 nitrogen and oxygen atoms in total. The molecule has 0 bridgehead atoms. The van der Waals surface area contributed by atoms with Crippen LogP contribution < -0.4 is 10.6 Å². The summed E-state index contributed by atoms with van der Waals surface area (Å²) in [6, 6.07) is 0. The van der Waals surface area contributed by atoms with E-state index in [0.717, 1.165) is 52.1 Å². The van der Waals surface area contributed by atoms with E-state index < -0.39 is 0 Å². The van der Waals surface area contributed by atoms with Crippen molar-refractivity contribution in [2.75, 3.05) is 91.9 Å². The highest BCUT2D eigenvalue weighted by atomic mass is 16.3. The first kappa shape index (κ1) is 23.7. The predicted molar refractivity (Wildman–Crippen MR) is 96.2 cm³/mol. The molecule has 6 N–H and O–H groups in total. The van der Waals surface area contributed by atoms with E-state index in [1.165, 1.54) is 0 Å². The first-order chi connectivity index (χ1) is 11.8. The van der Waals surface area contributed by atoms with Crippen LogP contribution in [-0.4, -0.2) is 122 Å². The van der Waals surface area contributed by atoms with Crippen LogP contribution in [0.3, 0.4) is 0 Å². The molecule has 0 saturated heterocycles. The Balaban J connectivity index is 3.72. The number of aliphatic hydroxyl groups excluding tert-OH is 4. The molecule has 0 aromatic rings. The summed E-state index contributed by atoms with van der Waals surface area (Å²) in [5.74, 6) is 0. The van der Waals surface area contributed by atoms with Gasteiger partial charge in [-0.2, -0.15) is 0 Å². The fourth-order valence-electron chi connectivity index (χ4n) is 2.52. The third-order valence-electron chi connectivity index (χ3n) is 3.80. The zero-order valence-corrected chi connectivity index (χ0v) is 15.0. The van der Waals surface area contributed by atoms with Crippen LogP contribution >= 0.6 is 0 Å². The molecule has 0 radical (unpaired) electrons. The summed E-state index contributed by atoms with van der Waals surface area (Å²) < 4.78 is 0. The smallest absolute Gasteiger partial charge is 0.0558 e. The van der Waals surface area contributed by atoms with E-state index in [0.29, 0.717) is 26.2 Å². The van der Waals surface area contributed by atoms with Crippen LogP contribution in [0.15, 0.2) is 0 Å². The predicted octanol–water partition coefficient (Wildman–Crippen LogP) is -2.48. The van der Waals surface area contributed by atoms with Gasteiger partial charge in [0.2, 0.25) is 0 Å². The molecule has 0 saturated carbocycles. The summed E-state index contributed by atoms with van der Waals surface area (Å²) in [5.41, 5.74) is 0. The second-order valence-corrected chi connectivity index (χ2v) is 5.78. The molecule has 0 aliphatic rings. The van der Waals surface area contributed by atoms with Crippen LogP contribution in [0.4, 0.5) is 0 Å². The minimum Gasteiger partial charge on any atom is -0.395 e. The number of rotatable bonds is 19. The average Bonchev–Trinajstić information content (AvgIpc) is 2.57. The van der Waals surface area contributed by atoms with Gasteiger partial charge in [0, 0.05) is 39.3 Å². The lowest BCUT2D eigenvalue weighted by molar-refractivity contribution is 0.148. The zero-order chi connectivity index (χ0) is 17.9. The van der Waals surface area contributed by atoms with Gasteiger partial charge in [-0.15, -0.1) is 0 Å². The molecule has 8 heteroatoms. The molecule has 0 aromatic heterocycles. The summed E-state index contributed by atoms with van der Waals surface area (Å²) in [4.78, 5) is 4.28. The van der Waals surface area contributed by atoms with Crippen molar-refractivity contribution in [3.05, 3.63) is 0 Å². The summed E-state index contributed by atoms with van der Waals surface area (Å²) in [5, 5.41) is 42.3. The zero-order valence-electron chi connectivity index (χ0n) is 15.0. The molecule has 146 valence electrons. The molecular weight excluding hydrogens is 312 g/mol.